The molecule has 3 aromatic rings. The van der Waals surface area contributed by atoms with Crippen molar-refractivity contribution >= 4 is 16.0 Å². The second-order valence-electron chi connectivity index (χ2n) is 15.4. The van der Waals surface area contributed by atoms with Crippen LogP contribution >= 0.6 is 0 Å². The van der Waals surface area contributed by atoms with E-state index in [4.69, 9.17) is 14.2 Å². The molecule has 2 atom stereocenters. The predicted molar refractivity (Wildman–Crippen MR) is 201 cm³/mol. The van der Waals surface area contributed by atoms with Crippen molar-refractivity contribution in [3.05, 3.63) is 36.4 Å². The van der Waals surface area contributed by atoms with Gasteiger partial charge in [0.05, 0.1) is 27.4 Å². The van der Waals surface area contributed by atoms with Crippen molar-refractivity contribution in [3.63, 3.8) is 0 Å². The Bertz CT molecular complexity index is 1570. The summed E-state index contributed by atoms with van der Waals surface area (Å²) in [5.41, 5.74) is 0.544. The van der Waals surface area contributed by atoms with Gasteiger partial charge in [-0.25, -0.2) is 17.7 Å². The minimum absolute atomic E-state index is 0.0515. The summed E-state index contributed by atoms with van der Waals surface area (Å²) in [7, 11) is 0.420. The third kappa shape index (κ3) is 10.8. The lowest BCUT2D eigenvalue weighted by atomic mass is 9.87. The normalized spacial score (nSPS) is 13.6. The summed E-state index contributed by atoms with van der Waals surface area (Å²) >= 11 is 0. The van der Waals surface area contributed by atoms with E-state index in [0.717, 1.165) is 19.3 Å². The van der Waals surface area contributed by atoms with Crippen molar-refractivity contribution in [2.75, 3.05) is 32.2 Å². The van der Waals surface area contributed by atoms with Crippen LogP contribution in [0.5, 0.6) is 17.4 Å². The molecule has 1 aromatic carbocycles. The third-order valence-electron chi connectivity index (χ3n) is 9.05. The Morgan fingerprint density at radius 3 is 1.84 bits per heavy atom. The summed E-state index contributed by atoms with van der Waals surface area (Å²) in [5.74, 6) is 1.53. The topological polar surface area (TPSA) is 129 Å². The Morgan fingerprint density at radius 2 is 1.32 bits per heavy atom. The number of anilines is 1. The number of ether oxygens (including phenoxy) is 3. The fourth-order valence-corrected chi connectivity index (χ4v) is 7.94. The molecule has 12 heteroatoms. The second-order valence-corrected chi connectivity index (χ2v) is 17.6. The van der Waals surface area contributed by atoms with Crippen LogP contribution in [0.15, 0.2) is 36.4 Å². The monoisotopic (exact) mass is 715 g/mol. The largest absolute Gasteiger partial charge is 0.494 e. The van der Waals surface area contributed by atoms with Gasteiger partial charge >= 0.3 is 0 Å². The summed E-state index contributed by atoms with van der Waals surface area (Å²) in [6, 6.07) is 10.6. The minimum Gasteiger partial charge on any atom is -0.494 e. The second kappa shape index (κ2) is 18.2. The van der Waals surface area contributed by atoms with Crippen LogP contribution in [-0.2, 0) is 10.0 Å². The molecule has 11 nitrogen and oxygen atoms in total. The molecule has 280 valence electrons. The molecule has 0 saturated heterocycles. The maximum atomic E-state index is 14.6. The molecule has 2 aromatic heterocycles. The highest BCUT2D eigenvalue weighted by atomic mass is 32.2. The molecular weight excluding hydrogens is 655 g/mol. The molecule has 0 aliphatic heterocycles. The van der Waals surface area contributed by atoms with Crippen molar-refractivity contribution in [2.45, 2.75) is 124 Å². The fourth-order valence-electron chi connectivity index (χ4n) is 6.07. The number of hydrogen-bond acceptors (Lipinski definition) is 9. The van der Waals surface area contributed by atoms with Crippen LogP contribution in [0, 0.1) is 10.8 Å². The molecule has 1 N–H and O–H groups in total. The molecule has 0 aliphatic carbocycles. The average molecular weight is 716 g/mol. The Kier molecular flexibility index (Phi) is 15.0. The molecular formula is C38H61N5O6S. The van der Waals surface area contributed by atoms with Crippen LogP contribution in [0.1, 0.15) is 113 Å². The summed E-state index contributed by atoms with van der Waals surface area (Å²) < 4.78 is 49.0. The zero-order valence-corrected chi connectivity index (χ0v) is 32.8. The summed E-state index contributed by atoms with van der Waals surface area (Å²) in [6.07, 6.45) is 9.86. The Balaban J connectivity index is 1.99. The molecule has 0 fully saturated rings. The SMILES string of the molecule is COc1cccc(-c2nnc(N(CCCCCCCCCCCC(C)(C)C)S(=O)(=O)[C@H](C)[C@@H](O)C(C)(C)C)n2-c2c(OC)cccc2OC)n1. The smallest absolute Gasteiger partial charge is 0.246 e. The van der Waals surface area contributed by atoms with Crippen molar-refractivity contribution in [1.82, 2.24) is 19.7 Å². The molecule has 2 heterocycles. The molecule has 0 aliphatic rings. The van der Waals surface area contributed by atoms with E-state index in [2.05, 4.69) is 36.0 Å². The Morgan fingerprint density at radius 1 is 0.780 bits per heavy atom. The van der Waals surface area contributed by atoms with E-state index in [0.29, 0.717) is 40.6 Å². The van der Waals surface area contributed by atoms with Crippen LogP contribution in [0.3, 0.4) is 0 Å². The molecule has 0 bridgehead atoms. The van der Waals surface area contributed by atoms with Crippen molar-refractivity contribution in [1.29, 1.82) is 0 Å². The first kappa shape index (κ1) is 41.0. The summed E-state index contributed by atoms with van der Waals surface area (Å²) in [6.45, 7) is 14.1. The molecule has 0 saturated carbocycles. The number of benzene rings is 1. The maximum Gasteiger partial charge on any atom is 0.246 e. The zero-order valence-electron chi connectivity index (χ0n) is 32.0. The van der Waals surface area contributed by atoms with Gasteiger partial charge in [-0.3, -0.25) is 4.57 Å². The van der Waals surface area contributed by atoms with Gasteiger partial charge < -0.3 is 19.3 Å². The minimum atomic E-state index is -4.18. The summed E-state index contributed by atoms with van der Waals surface area (Å²) in [4.78, 5) is 4.59. The van der Waals surface area contributed by atoms with E-state index in [9.17, 15) is 13.5 Å². The maximum absolute atomic E-state index is 14.6. The van der Waals surface area contributed by atoms with Gasteiger partial charge in [0.1, 0.15) is 28.1 Å². The van der Waals surface area contributed by atoms with E-state index < -0.39 is 26.8 Å². The van der Waals surface area contributed by atoms with Crippen LogP contribution in [0.25, 0.3) is 17.2 Å². The highest BCUT2D eigenvalue weighted by molar-refractivity contribution is 7.93. The number of unbranched alkanes of at least 4 members (excludes halogenated alkanes) is 8. The third-order valence-corrected chi connectivity index (χ3v) is 11.2. The van der Waals surface area contributed by atoms with Gasteiger partial charge in [0.15, 0.2) is 5.82 Å². The van der Waals surface area contributed by atoms with Gasteiger partial charge in [-0.1, -0.05) is 105 Å². The van der Waals surface area contributed by atoms with Crippen LogP contribution in [0.4, 0.5) is 5.95 Å². The van der Waals surface area contributed by atoms with E-state index in [-0.39, 0.29) is 18.3 Å². The number of hydrogen-bond donors (Lipinski definition) is 1. The lowest BCUT2D eigenvalue weighted by molar-refractivity contribution is 0.0625. The van der Waals surface area contributed by atoms with Gasteiger partial charge in [0.25, 0.3) is 0 Å². The molecule has 0 amide bonds. The first-order chi connectivity index (χ1) is 23.6. The van der Waals surface area contributed by atoms with Crippen molar-refractivity contribution in [3.8, 4) is 34.6 Å². The van der Waals surface area contributed by atoms with Gasteiger partial charge in [-0.05, 0) is 48.8 Å². The molecule has 0 radical (unpaired) electrons. The quantitative estimate of drug-likeness (QED) is 0.115. The number of rotatable bonds is 20. The van der Waals surface area contributed by atoms with Crippen molar-refractivity contribution in [2.24, 2.45) is 10.8 Å². The number of sulfonamides is 1. The lowest BCUT2D eigenvalue weighted by Crippen LogP contribution is -2.48. The number of pyridine rings is 1. The Hall–Kier alpha value is -3.38. The van der Waals surface area contributed by atoms with E-state index >= 15 is 0 Å². The van der Waals surface area contributed by atoms with Gasteiger partial charge in [-0.2, -0.15) is 0 Å². The predicted octanol–water partition coefficient (Wildman–Crippen LogP) is 8.23. The van der Waals surface area contributed by atoms with Gasteiger partial charge in [0, 0.05) is 12.6 Å². The van der Waals surface area contributed by atoms with Gasteiger partial charge in [0.2, 0.25) is 21.9 Å². The molecule has 0 spiro atoms. The van der Waals surface area contributed by atoms with Gasteiger partial charge in [-0.15, -0.1) is 10.2 Å². The fraction of sp³-hybridized carbons (Fsp3) is 0.658. The van der Waals surface area contributed by atoms with E-state index in [1.165, 1.54) is 64.2 Å². The number of methoxy groups -OCH3 is 3. The van der Waals surface area contributed by atoms with E-state index in [1.807, 2.05) is 20.8 Å². The number of para-hydroxylation sites is 1. The van der Waals surface area contributed by atoms with Crippen LogP contribution in [-0.4, -0.2) is 72.5 Å². The highest BCUT2D eigenvalue weighted by Gasteiger charge is 2.41. The van der Waals surface area contributed by atoms with E-state index in [1.54, 1.807) is 47.9 Å². The van der Waals surface area contributed by atoms with Crippen LogP contribution < -0.4 is 18.5 Å². The molecule has 50 heavy (non-hydrogen) atoms. The highest BCUT2D eigenvalue weighted by Crippen LogP contribution is 2.40. The standard InChI is InChI=1S/C38H61N5O6S/c1-28(34(44)38(5,6)7)50(45,46)42(27-19-17-15-13-11-12-14-16-18-26-37(2,3)4)36-41-40-35(29-22-20-25-32(39-29)49-10)43(36)33-30(47-8)23-21-24-31(33)48-9/h20-25,28,34,44H,11-19,26-27H2,1-10H3/t28-,34-/m1/s1. The zero-order chi connectivity index (χ0) is 37.1. The van der Waals surface area contributed by atoms with Crippen LogP contribution in [0.2, 0.25) is 0 Å². The first-order valence-corrected chi connectivity index (χ1v) is 19.4. The average Bonchev–Trinajstić information content (AvgIpc) is 3.50. The lowest BCUT2D eigenvalue weighted by Gasteiger charge is -2.34. The number of aromatic nitrogens is 4. The number of aliphatic hydroxyl groups excluding tert-OH is 1. The first-order valence-electron chi connectivity index (χ1n) is 17.9. The van der Waals surface area contributed by atoms with Crippen molar-refractivity contribution < 1.29 is 27.7 Å². The molecule has 3 rings (SSSR count). The summed E-state index contributed by atoms with van der Waals surface area (Å²) in [5, 5.41) is 19.1. The Labute approximate surface area is 300 Å². The number of nitrogens with zero attached hydrogens (tertiary/aromatic N) is 5. The number of aliphatic hydroxyl groups is 1. The molecule has 0 unspecified atom stereocenters.